The number of nitrogens with one attached hydrogen (secondary N) is 1. The lowest BCUT2D eigenvalue weighted by atomic mass is 10.2. The van der Waals surface area contributed by atoms with Crippen molar-refractivity contribution in [2.45, 2.75) is 20.5 Å². The van der Waals surface area contributed by atoms with E-state index in [9.17, 15) is 13.6 Å². The molecule has 128 valence electrons. The topological polar surface area (TPSA) is 81.5 Å². The van der Waals surface area contributed by atoms with Crippen molar-refractivity contribution in [3.05, 3.63) is 44.6 Å². The first-order valence-corrected chi connectivity index (χ1v) is 7.28. The second-order valence-corrected chi connectivity index (χ2v) is 4.85. The van der Waals surface area contributed by atoms with Gasteiger partial charge in [0.1, 0.15) is 5.69 Å². The number of ether oxygens (including phenoxy) is 2. The van der Waals surface area contributed by atoms with E-state index in [2.05, 4.69) is 20.0 Å². The molecular weight excluding hydrogens is 342 g/mol. The molecule has 0 unspecified atom stereocenters. The van der Waals surface area contributed by atoms with Crippen LogP contribution in [0, 0.1) is 11.7 Å². The zero-order chi connectivity index (χ0) is 17.7. The number of hydrogen-bond acceptors (Lipinski definition) is 6. The molecule has 24 heavy (non-hydrogen) atoms. The number of para-hydroxylation sites is 1. The highest BCUT2D eigenvalue weighted by Gasteiger charge is 2.15. The summed E-state index contributed by atoms with van der Waals surface area (Å²) in [7, 11) is 0. The molecule has 0 spiro atoms. The zero-order valence-corrected chi connectivity index (χ0v) is 13.6. The van der Waals surface area contributed by atoms with Gasteiger partial charge >= 0.3 is 6.61 Å². The van der Waals surface area contributed by atoms with E-state index in [4.69, 9.17) is 17.0 Å². The van der Waals surface area contributed by atoms with Gasteiger partial charge in [0.25, 0.3) is 5.56 Å². The maximum absolute atomic E-state index is 12.7. The van der Waals surface area contributed by atoms with Crippen molar-refractivity contribution in [2.24, 2.45) is 5.10 Å². The van der Waals surface area contributed by atoms with Crippen LogP contribution in [0.4, 0.5) is 8.78 Å². The van der Waals surface area contributed by atoms with Gasteiger partial charge in [0, 0.05) is 5.56 Å². The number of aromatic nitrogens is 3. The summed E-state index contributed by atoms with van der Waals surface area (Å²) < 4.78 is 36.0. The Bertz CT molecular complexity index is 864. The molecule has 1 aromatic carbocycles. The first-order valence-electron chi connectivity index (χ1n) is 6.87. The Hall–Kier alpha value is -2.62. The van der Waals surface area contributed by atoms with Crippen LogP contribution in [0.15, 0.2) is 28.1 Å². The highest BCUT2D eigenvalue weighted by atomic mass is 32.1. The van der Waals surface area contributed by atoms with Crippen LogP contribution < -0.4 is 15.0 Å². The number of halogens is 2. The molecule has 7 nitrogen and oxygen atoms in total. The van der Waals surface area contributed by atoms with Crippen molar-refractivity contribution in [1.82, 2.24) is 14.9 Å². The fraction of sp³-hybridized carbons (Fsp3) is 0.286. The lowest BCUT2D eigenvalue weighted by Gasteiger charge is -2.13. The largest absolute Gasteiger partial charge is 0.490 e. The van der Waals surface area contributed by atoms with Gasteiger partial charge in [0.2, 0.25) is 4.77 Å². The Labute approximate surface area is 140 Å². The third-order valence-corrected chi connectivity index (χ3v) is 3.11. The lowest BCUT2D eigenvalue weighted by molar-refractivity contribution is -0.0515. The first kappa shape index (κ1) is 17.7. The SMILES string of the molecule is CCOc1cccc(/C=N\n2c(=S)[nH]nc(C)c2=O)c1OC(F)F. The molecule has 0 saturated heterocycles. The number of aryl methyl sites for hydroxylation is 1. The third kappa shape index (κ3) is 4.02. The van der Waals surface area contributed by atoms with Gasteiger partial charge in [-0.25, -0.2) is 0 Å². The molecule has 0 bridgehead atoms. The zero-order valence-electron chi connectivity index (χ0n) is 12.8. The van der Waals surface area contributed by atoms with E-state index in [-0.39, 0.29) is 34.1 Å². The van der Waals surface area contributed by atoms with Crippen LogP contribution in [0.25, 0.3) is 0 Å². The van der Waals surface area contributed by atoms with Gasteiger partial charge in [-0.15, -0.1) is 0 Å². The van der Waals surface area contributed by atoms with Crippen LogP contribution in [0.1, 0.15) is 18.2 Å². The van der Waals surface area contributed by atoms with Crippen molar-refractivity contribution in [1.29, 1.82) is 0 Å². The summed E-state index contributed by atoms with van der Waals surface area (Å²) >= 11 is 4.94. The average molecular weight is 356 g/mol. The van der Waals surface area contributed by atoms with Crippen LogP contribution in [0.2, 0.25) is 0 Å². The van der Waals surface area contributed by atoms with Gasteiger partial charge in [-0.3, -0.25) is 9.89 Å². The van der Waals surface area contributed by atoms with E-state index in [0.717, 1.165) is 4.68 Å². The number of H-pyrrole nitrogens is 1. The third-order valence-electron chi connectivity index (χ3n) is 2.84. The van der Waals surface area contributed by atoms with E-state index in [1.165, 1.54) is 25.3 Å². The molecule has 0 aliphatic rings. The highest BCUT2D eigenvalue weighted by Crippen LogP contribution is 2.31. The lowest BCUT2D eigenvalue weighted by Crippen LogP contribution is -2.22. The Morgan fingerprint density at radius 2 is 2.25 bits per heavy atom. The molecule has 0 saturated carbocycles. The molecule has 0 atom stereocenters. The van der Waals surface area contributed by atoms with Crippen molar-refractivity contribution in [3.63, 3.8) is 0 Å². The molecule has 0 aliphatic carbocycles. The number of hydrogen-bond donors (Lipinski definition) is 1. The van der Waals surface area contributed by atoms with Gasteiger partial charge in [-0.2, -0.15) is 23.7 Å². The van der Waals surface area contributed by atoms with Crippen LogP contribution in [0.3, 0.4) is 0 Å². The molecule has 0 radical (unpaired) electrons. The normalized spacial score (nSPS) is 11.2. The van der Waals surface area contributed by atoms with Crippen LogP contribution in [-0.4, -0.2) is 34.3 Å². The quantitative estimate of drug-likeness (QED) is 0.635. The minimum absolute atomic E-state index is 0.0286. The molecule has 0 aliphatic heterocycles. The molecule has 10 heteroatoms. The van der Waals surface area contributed by atoms with E-state index >= 15 is 0 Å². The molecule has 1 heterocycles. The van der Waals surface area contributed by atoms with E-state index < -0.39 is 12.2 Å². The second-order valence-electron chi connectivity index (χ2n) is 4.46. The molecule has 2 rings (SSSR count). The van der Waals surface area contributed by atoms with Crippen molar-refractivity contribution >= 4 is 18.4 Å². The second kappa shape index (κ2) is 7.77. The van der Waals surface area contributed by atoms with Gasteiger partial charge < -0.3 is 9.47 Å². The van der Waals surface area contributed by atoms with Gasteiger partial charge in [0.15, 0.2) is 11.5 Å². The fourth-order valence-electron chi connectivity index (χ4n) is 1.82. The Kier molecular flexibility index (Phi) is 5.74. The Morgan fingerprint density at radius 1 is 1.50 bits per heavy atom. The molecule has 1 aromatic heterocycles. The molecule has 1 N–H and O–H groups in total. The molecule has 0 amide bonds. The standard InChI is InChI=1S/C14H14F2N4O3S/c1-3-22-10-6-4-5-9(11(10)23-13(15)16)7-17-20-12(21)8(2)18-19-14(20)24/h4-7,13H,3H2,1-2H3,(H,19,24)/b17-7-. The van der Waals surface area contributed by atoms with Crippen LogP contribution in [-0.2, 0) is 0 Å². The monoisotopic (exact) mass is 356 g/mol. The van der Waals surface area contributed by atoms with Crippen molar-refractivity contribution < 1.29 is 18.3 Å². The summed E-state index contributed by atoms with van der Waals surface area (Å²) in [5.74, 6) is -0.0306. The number of alkyl halides is 2. The summed E-state index contributed by atoms with van der Waals surface area (Å²) in [5.41, 5.74) is -0.155. The average Bonchev–Trinajstić information content (AvgIpc) is 2.53. The van der Waals surface area contributed by atoms with Gasteiger partial charge in [-0.1, -0.05) is 6.07 Å². The summed E-state index contributed by atoms with van der Waals surface area (Å²) in [6.07, 6.45) is 1.19. The number of rotatable bonds is 6. The minimum atomic E-state index is -3.03. The van der Waals surface area contributed by atoms with E-state index in [0.29, 0.717) is 0 Å². The fourth-order valence-corrected chi connectivity index (χ4v) is 1.99. The van der Waals surface area contributed by atoms with Gasteiger partial charge in [-0.05, 0) is 38.2 Å². The van der Waals surface area contributed by atoms with Crippen LogP contribution >= 0.6 is 12.2 Å². The summed E-state index contributed by atoms with van der Waals surface area (Å²) in [6, 6.07) is 4.58. The maximum Gasteiger partial charge on any atom is 0.387 e. The molecular formula is C14H14F2N4O3S. The highest BCUT2D eigenvalue weighted by molar-refractivity contribution is 7.71. The maximum atomic E-state index is 12.7. The van der Waals surface area contributed by atoms with E-state index in [1.54, 1.807) is 13.0 Å². The minimum Gasteiger partial charge on any atom is -0.490 e. The van der Waals surface area contributed by atoms with Crippen molar-refractivity contribution in [3.8, 4) is 11.5 Å². The van der Waals surface area contributed by atoms with Crippen LogP contribution in [0.5, 0.6) is 11.5 Å². The Morgan fingerprint density at radius 3 is 2.92 bits per heavy atom. The first-order chi connectivity index (χ1) is 11.4. The number of benzene rings is 1. The predicted molar refractivity (Wildman–Crippen MR) is 85.7 cm³/mol. The molecule has 0 fully saturated rings. The van der Waals surface area contributed by atoms with E-state index in [1.807, 2.05) is 0 Å². The summed E-state index contributed by atoms with van der Waals surface area (Å²) in [5, 5.41) is 10.1. The number of aromatic amines is 1. The Balaban J connectivity index is 2.50. The molecule has 2 aromatic rings. The number of nitrogens with zero attached hydrogens (tertiary/aromatic N) is 3. The van der Waals surface area contributed by atoms with Gasteiger partial charge in [0.05, 0.1) is 12.8 Å². The summed E-state index contributed by atoms with van der Waals surface area (Å²) in [6.45, 7) is 0.438. The summed E-state index contributed by atoms with van der Waals surface area (Å²) in [4.78, 5) is 12.0. The van der Waals surface area contributed by atoms with Crippen molar-refractivity contribution in [2.75, 3.05) is 6.61 Å². The smallest absolute Gasteiger partial charge is 0.387 e. The predicted octanol–water partition coefficient (Wildman–Crippen LogP) is 2.49.